The Labute approximate surface area is 141 Å². The predicted octanol–water partition coefficient (Wildman–Crippen LogP) is 5.15. The molecule has 0 unspecified atom stereocenters. The molecule has 0 saturated carbocycles. The lowest BCUT2D eigenvalue weighted by Gasteiger charge is -2.09. The molecule has 0 fully saturated rings. The molecule has 0 atom stereocenters. The minimum absolute atomic E-state index is 0.414. The van der Waals surface area contributed by atoms with E-state index in [1.165, 1.54) is 0 Å². The Morgan fingerprint density at radius 1 is 0.905 bits per heavy atom. The summed E-state index contributed by atoms with van der Waals surface area (Å²) in [5.41, 5.74) is 1.93. The number of nitrogens with one attached hydrogen (secondary N) is 1. The van der Waals surface area contributed by atoms with E-state index in [9.17, 15) is 0 Å². The first-order valence-electron chi connectivity index (χ1n) is 6.34. The molecule has 3 nitrogen and oxygen atoms in total. The molecule has 0 saturated heterocycles. The molecule has 1 aromatic heterocycles. The van der Waals surface area contributed by atoms with Crippen molar-refractivity contribution in [3.05, 3.63) is 69.4 Å². The van der Waals surface area contributed by atoms with Gasteiger partial charge in [0.05, 0.1) is 5.69 Å². The Balaban J connectivity index is 1.97. The first kappa shape index (κ1) is 14.3. The van der Waals surface area contributed by atoms with Gasteiger partial charge in [0.1, 0.15) is 11.0 Å². The summed E-state index contributed by atoms with van der Waals surface area (Å²) in [5, 5.41) is 3.69. The highest BCUT2D eigenvalue weighted by Crippen LogP contribution is 2.25. The van der Waals surface area contributed by atoms with Crippen LogP contribution >= 0.6 is 34.2 Å². The van der Waals surface area contributed by atoms with E-state index in [4.69, 9.17) is 11.6 Å². The second kappa shape index (κ2) is 6.41. The lowest BCUT2D eigenvalue weighted by atomic mass is 10.2. The molecule has 0 aliphatic carbocycles. The average molecular weight is 408 g/mol. The van der Waals surface area contributed by atoms with Crippen LogP contribution in [0.2, 0.25) is 5.15 Å². The largest absolute Gasteiger partial charge is 0.339 e. The van der Waals surface area contributed by atoms with Crippen molar-refractivity contribution in [1.82, 2.24) is 9.97 Å². The first-order valence-corrected chi connectivity index (χ1v) is 7.79. The molecule has 5 heteroatoms. The summed E-state index contributed by atoms with van der Waals surface area (Å²) in [6.45, 7) is 0. The number of anilines is 2. The highest BCUT2D eigenvalue weighted by atomic mass is 127. The molecular formula is C16H11ClIN3. The van der Waals surface area contributed by atoms with Crippen molar-refractivity contribution in [2.24, 2.45) is 0 Å². The van der Waals surface area contributed by atoms with E-state index < -0.39 is 0 Å². The number of para-hydroxylation sites is 1. The average Bonchev–Trinajstić information content (AvgIpc) is 2.50. The monoisotopic (exact) mass is 407 g/mol. The van der Waals surface area contributed by atoms with Gasteiger partial charge in [-0.1, -0.05) is 54.1 Å². The summed E-state index contributed by atoms with van der Waals surface area (Å²) < 4.78 is 1.12. The van der Waals surface area contributed by atoms with Gasteiger partial charge in [0, 0.05) is 15.2 Å². The van der Waals surface area contributed by atoms with Gasteiger partial charge in [0.15, 0.2) is 5.82 Å². The maximum Gasteiger partial charge on any atom is 0.163 e. The summed E-state index contributed by atoms with van der Waals surface area (Å²) in [4.78, 5) is 8.81. The van der Waals surface area contributed by atoms with Gasteiger partial charge in [-0.25, -0.2) is 9.97 Å². The van der Waals surface area contributed by atoms with Crippen LogP contribution in [0.5, 0.6) is 0 Å². The van der Waals surface area contributed by atoms with Gasteiger partial charge in [-0.2, -0.15) is 0 Å². The summed E-state index contributed by atoms with van der Waals surface area (Å²) in [6, 6.07) is 19.5. The number of hydrogen-bond donors (Lipinski definition) is 1. The molecule has 2 aromatic carbocycles. The van der Waals surface area contributed by atoms with Gasteiger partial charge in [-0.05, 0) is 34.7 Å². The van der Waals surface area contributed by atoms with Gasteiger partial charge in [-0.15, -0.1) is 0 Å². The molecule has 1 heterocycles. The van der Waals surface area contributed by atoms with Crippen molar-refractivity contribution in [2.45, 2.75) is 0 Å². The molecule has 104 valence electrons. The molecule has 0 aliphatic heterocycles. The summed E-state index contributed by atoms with van der Waals surface area (Å²) >= 11 is 8.39. The number of hydrogen-bond acceptors (Lipinski definition) is 3. The fourth-order valence-electron chi connectivity index (χ4n) is 1.90. The van der Waals surface area contributed by atoms with Crippen LogP contribution in [0.4, 0.5) is 11.5 Å². The summed E-state index contributed by atoms with van der Waals surface area (Å²) in [6.07, 6.45) is 0. The van der Waals surface area contributed by atoms with Crippen molar-refractivity contribution in [1.29, 1.82) is 0 Å². The summed E-state index contributed by atoms with van der Waals surface area (Å²) in [7, 11) is 0. The van der Waals surface area contributed by atoms with E-state index in [0.29, 0.717) is 16.8 Å². The Bertz CT molecular complexity index is 762. The minimum atomic E-state index is 0.414. The Morgan fingerprint density at radius 3 is 2.38 bits per heavy atom. The second-order valence-corrected chi connectivity index (χ2v) is 5.92. The normalized spacial score (nSPS) is 10.4. The second-order valence-electron chi connectivity index (χ2n) is 4.37. The number of benzene rings is 2. The highest BCUT2D eigenvalue weighted by molar-refractivity contribution is 14.1. The molecule has 1 N–H and O–H groups in total. The molecule has 0 spiro atoms. The molecule has 0 aliphatic rings. The van der Waals surface area contributed by atoms with Crippen LogP contribution < -0.4 is 5.32 Å². The Hall–Kier alpha value is -1.66. The zero-order valence-corrected chi connectivity index (χ0v) is 13.8. The summed E-state index contributed by atoms with van der Waals surface area (Å²) in [5.74, 6) is 1.29. The standard InChI is InChI=1S/C16H11ClIN3/c17-14-10-15(19-13-9-5-4-8-12(13)18)21-16(20-14)11-6-2-1-3-7-11/h1-10H,(H,19,20,21). The lowest BCUT2D eigenvalue weighted by Crippen LogP contribution is -1.99. The van der Waals surface area contributed by atoms with E-state index in [1.54, 1.807) is 6.07 Å². The van der Waals surface area contributed by atoms with Gasteiger partial charge in [-0.3, -0.25) is 0 Å². The fraction of sp³-hybridized carbons (Fsp3) is 0. The number of halogens is 2. The molecular weight excluding hydrogens is 397 g/mol. The van der Waals surface area contributed by atoms with Crippen LogP contribution in [0.15, 0.2) is 60.7 Å². The van der Waals surface area contributed by atoms with Crippen molar-refractivity contribution < 1.29 is 0 Å². The smallest absolute Gasteiger partial charge is 0.163 e. The van der Waals surface area contributed by atoms with Crippen LogP contribution in [0.3, 0.4) is 0 Å². The van der Waals surface area contributed by atoms with Crippen LogP contribution in [-0.2, 0) is 0 Å². The van der Waals surface area contributed by atoms with Crippen molar-refractivity contribution in [3.63, 3.8) is 0 Å². The third-order valence-corrected chi connectivity index (χ3v) is 4.00. The predicted molar refractivity (Wildman–Crippen MR) is 94.9 cm³/mol. The molecule has 3 rings (SSSR count). The number of rotatable bonds is 3. The topological polar surface area (TPSA) is 37.8 Å². The molecule has 21 heavy (non-hydrogen) atoms. The zero-order valence-electron chi connectivity index (χ0n) is 10.9. The van der Waals surface area contributed by atoms with Crippen molar-refractivity contribution in [3.8, 4) is 11.4 Å². The minimum Gasteiger partial charge on any atom is -0.339 e. The number of nitrogens with zero attached hydrogens (tertiary/aromatic N) is 2. The van der Waals surface area contributed by atoms with E-state index in [2.05, 4.69) is 37.9 Å². The van der Waals surface area contributed by atoms with Gasteiger partial charge in [0.2, 0.25) is 0 Å². The van der Waals surface area contributed by atoms with E-state index >= 15 is 0 Å². The molecule has 0 amide bonds. The van der Waals surface area contributed by atoms with Crippen LogP contribution in [0.25, 0.3) is 11.4 Å². The van der Waals surface area contributed by atoms with Crippen LogP contribution in [0.1, 0.15) is 0 Å². The SMILES string of the molecule is Clc1cc(Nc2ccccc2I)nc(-c2ccccc2)n1. The molecule has 0 radical (unpaired) electrons. The maximum atomic E-state index is 6.11. The van der Waals surface area contributed by atoms with Gasteiger partial charge >= 0.3 is 0 Å². The van der Waals surface area contributed by atoms with Crippen molar-refractivity contribution in [2.75, 3.05) is 5.32 Å². The van der Waals surface area contributed by atoms with Gasteiger partial charge in [0.25, 0.3) is 0 Å². The third-order valence-electron chi connectivity index (χ3n) is 2.86. The fourth-order valence-corrected chi connectivity index (χ4v) is 2.60. The Kier molecular flexibility index (Phi) is 4.36. The van der Waals surface area contributed by atoms with Crippen LogP contribution in [0, 0.1) is 3.57 Å². The van der Waals surface area contributed by atoms with Gasteiger partial charge < -0.3 is 5.32 Å². The quantitative estimate of drug-likeness (QED) is 0.482. The van der Waals surface area contributed by atoms with E-state index in [-0.39, 0.29) is 0 Å². The molecule has 3 aromatic rings. The Morgan fingerprint density at radius 2 is 1.62 bits per heavy atom. The van der Waals surface area contributed by atoms with Crippen molar-refractivity contribution >= 4 is 45.7 Å². The highest BCUT2D eigenvalue weighted by Gasteiger charge is 2.07. The maximum absolute atomic E-state index is 6.11. The zero-order chi connectivity index (χ0) is 14.7. The number of aromatic nitrogens is 2. The van der Waals surface area contributed by atoms with Crippen LogP contribution in [-0.4, -0.2) is 9.97 Å². The van der Waals surface area contributed by atoms with E-state index in [0.717, 1.165) is 14.8 Å². The lowest BCUT2D eigenvalue weighted by molar-refractivity contribution is 1.17. The van der Waals surface area contributed by atoms with E-state index in [1.807, 2.05) is 54.6 Å². The first-order chi connectivity index (χ1) is 10.2. The molecule has 0 bridgehead atoms. The third kappa shape index (κ3) is 3.51.